The highest BCUT2D eigenvalue weighted by atomic mass is 35.5. The van der Waals surface area contributed by atoms with Crippen LogP contribution in [-0.2, 0) is 6.42 Å². The van der Waals surface area contributed by atoms with Gasteiger partial charge in [0.05, 0.1) is 0 Å². The van der Waals surface area contributed by atoms with Crippen LogP contribution in [-0.4, -0.2) is 6.04 Å². The van der Waals surface area contributed by atoms with E-state index in [-0.39, 0.29) is 18.4 Å². The van der Waals surface area contributed by atoms with E-state index in [2.05, 4.69) is 39.8 Å². The molecular weight excluding hydrogens is 194 g/mol. The zero-order chi connectivity index (χ0) is 10.0. The van der Waals surface area contributed by atoms with E-state index >= 15 is 0 Å². The van der Waals surface area contributed by atoms with Crippen LogP contribution in [0.25, 0.3) is 0 Å². The van der Waals surface area contributed by atoms with Gasteiger partial charge in [0.25, 0.3) is 0 Å². The number of hydrogen-bond acceptors (Lipinski definition) is 1. The quantitative estimate of drug-likeness (QED) is 0.804. The van der Waals surface area contributed by atoms with Crippen LogP contribution in [0.3, 0.4) is 0 Å². The molecule has 0 saturated heterocycles. The van der Waals surface area contributed by atoms with Gasteiger partial charge in [-0.15, -0.1) is 12.4 Å². The number of benzene rings is 1. The fourth-order valence-electron chi connectivity index (χ4n) is 1.85. The van der Waals surface area contributed by atoms with Gasteiger partial charge in [-0.2, -0.15) is 0 Å². The lowest BCUT2D eigenvalue weighted by molar-refractivity contribution is 0.731. The maximum atomic E-state index is 5.80. The van der Waals surface area contributed by atoms with Crippen molar-refractivity contribution in [3.05, 3.63) is 34.4 Å². The Labute approximate surface area is 93.1 Å². The second-order valence-electron chi connectivity index (χ2n) is 4.06. The molecule has 0 radical (unpaired) electrons. The Bertz CT molecular complexity index is 282. The van der Waals surface area contributed by atoms with E-state index in [1.54, 1.807) is 0 Å². The average molecular weight is 214 g/mol. The van der Waals surface area contributed by atoms with Crippen molar-refractivity contribution in [1.29, 1.82) is 0 Å². The molecule has 14 heavy (non-hydrogen) atoms. The molecule has 0 amide bonds. The maximum absolute atomic E-state index is 5.80. The van der Waals surface area contributed by atoms with Crippen molar-refractivity contribution in [1.82, 2.24) is 0 Å². The molecule has 80 valence electrons. The van der Waals surface area contributed by atoms with Crippen LogP contribution in [0, 0.1) is 20.8 Å². The van der Waals surface area contributed by atoms with E-state index < -0.39 is 0 Å². The zero-order valence-electron chi connectivity index (χ0n) is 9.42. The first-order valence-corrected chi connectivity index (χ1v) is 4.83. The smallest absolute Gasteiger partial charge is 0.00511 e. The van der Waals surface area contributed by atoms with E-state index in [1.807, 2.05) is 0 Å². The molecule has 0 aliphatic heterocycles. The fourth-order valence-corrected chi connectivity index (χ4v) is 1.85. The van der Waals surface area contributed by atoms with Crippen molar-refractivity contribution >= 4 is 12.4 Å². The fraction of sp³-hybridized carbons (Fsp3) is 0.500. The molecule has 2 N–H and O–H groups in total. The van der Waals surface area contributed by atoms with E-state index in [0.29, 0.717) is 0 Å². The van der Waals surface area contributed by atoms with Crippen molar-refractivity contribution in [2.24, 2.45) is 5.73 Å². The van der Waals surface area contributed by atoms with Gasteiger partial charge in [-0.1, -0.05) is 17.7 Å². The Hall–Kier alpha value is -0.530. The third-order valence-electron chi connectivity index (χ3n) is 2.37. The monoisotopic (exact) mass is 213 g/mol. The molecule has 1 aromatic rings. The summed E-state index contributed by atoms with van der Waals surface area (Å²) in [5.41, 5.74) is 11.3. The van der Waals surface area contributed by atoms with E-state index in [9.17, 15) is 0 Å². The number of aryl methyl sites for hydroxylation is 3. The van der Waals surface area contributed by atoms with E-state index in [0.717, 1.165) is 6.42 Å². The summed E-state index contributed by atoms with van der Waals surface area (Å²) in [6.07, 6.45) is 0.984. The van der Waals surface area contributed by atoms with Crippen LogP contribution >= 0.6 is 12.4 Å². The lowest BCUT2D eigenvalue weighted by Gasteiger charge is -2.13. The number of rotatable bonds is 2. The molecule has 0 aliphatic rings. The molecule has 0 aliphatic carbocycles. The van der Waals surface area contributed by atoms with Crippen LogP contribution in [0.4, 0.5) is 0 Å². The molecule has 0 bridgehead atoms. The van der Waals surface area contributed by atoms with Gasteiger partial charge in [-0.25, -0.2) is 0 Å². The van der Waals surface area contributed by atoms with Gasteiger partial charge in [0.2, 0.25) is 0 Å². The summed E-state index contributed by atoms with van der Waals surface area (Å²) < 4.78 is 0. The molecule has 1 aromatic carbocycles. The first-order valence-electron chi connectivity index (χ1n) is 4.83. The highest BCUT2D eigenvalue weighted by Gasteiger charge is 2.05. The standard InChI is InChI=1S/C12H19N.ClH/c1-8-5-9(2)12(7-11(4)13)10(3)6-8;/h5-6,11H,7,13H2,1-4H3;1H. The van der Waals surface area contributed by atoms with Crippen molar-refractivity contribution in [2.45, 2.75) is 40.2 Å². The zero-order valence-corrected chi connectivity index (χ0v) is 10.2. The van der Waals surface area contributed by atoms with Gasteiger partial charge < -0.3 is 5.73 Å². The largest absolute Gasteiger partial charge is 0.328 e. The van der Waals surface area contributed by atoms with Crippen LogP contribution in [0.15, 0.2) is 12.1 Å². The second kappa shape index (κ2) is 5.38. The molecule has 2 heteroatoms. The highest BCUT2D eigenvalue weighted by molar-refractivity contribution is 5.85. The number of halogens is 1. The van der Waals surface area contributed by atoms with Crippen LogP contribution in [0.2, 0.25) is 0 Å². The Morgan fingerprint density at radius 2 is 1.57 bits per heavy atom. The van der Waals surface area contributed by atoms with Gasteiger partial charge >= 0.3 is 0 Å². The molecule has 0 saturated carbocycles. The Kier molecular flexibility index (Phi) is 5.17. The summed E-state index contributed by atoms with van der Waals surface area (Å²) in [5, 5.41) is 0. The molecule has 0 heterocycles. The van der Waals surface area contributed by atoms with Crippen LogP contribution in [0.5, 0.6) is 0 Å². The van der Waals surface area contributed by atoms with Gasteiger partial charge in [-0.05, 0) is 50.8 Å². The van der Waals surface area contributed by atoms with Gasteiger partial charge in [0.1, 0.15) is 0 Å². The maximum Gasteiger partial charge on any atom is 0.00511 e. The topological polar surface area (TPSA) is 26.0 Å². The first kappa shape index (κ1) is 13.5. The molecule has 1 atom stereocenters. The summed E-state index contributed by atoms with van der Waals surface area (Å²) in [6, 6.07) is 4.70. The number of nitrogens with two attached hydrogens (primary N) is 1. The first-order chi connectivity index (χ1) is 6.00. The normalized spacial score (nSPS) is 12.1. The lowest BCUT2D eigenvalue weighted by Crippen LogP contribution is -2.19. The Balaban J connectivity index is 0.00000169. The van der Waals surface area contributed by atoms with Crippen molar-refractivity contribution < 1.29 is 0 Å². The minimum absolute atomic E-state index is 0. The number of hydrogen-bond donors (Lipinski definition) is 1. The average Bonchev–Trinajstić information content (AvgIpc) is 1.96. The van der Waals surface area contributed by atoms with Gasteiger partial charge in [0, 0.05) is 6.04 Å². The van der Waals surface area contributed by atoms with Crippen molar-refractivity contribution in [3.8, 4) is 0 Å². The minimum Gasteiger partial charge on any atom is -0.328 e. The van der Waals surface area contributed by atoms with Crippen molar-refractivity contribution in [3.63, 3.8) is 0 Å². The summed E-state index contributed by atoms with van der Waals surface area (Å²) in [5.74, 6) is 0. The third kappa shape index (κ3) is 3.32. The van der Waals surface area contributed by atoms with Crippen LogP contribution < -0.4 is 5.73 Å². The third-order valence-corrected chi connectivity index (χ3v) is 2.37. The highest BCUT2D eigenvalue weighted by Crippen LogP contribution is 2.17. The molecule has 0 spiro atoms. The minimum atomic E-state index is 0. The van der Waals surface area contributed by atoms with Gasteiger partial charge in [0.15, 0.2) is 0 Å². The molecule has 1 unspecified atom stereocenters. The predicted molar refractivity (Wildman–Crippen MR) is 65.3 cm³/mol. The molecular formula is C12H20ClN. The summed E-state index contributed by atoms with van der Waals surface area (Å²) in [4.78, 5) is 0. The van der Waals surface area contributed by atoms with Crippen LogP contribution in [0.1, 0.15) is 29.2 Å². The summed E-state index contributed by atoms with van der Waals surface area (Å²) >= 11 is 0. The predicted octanol–water partition coefficient (Wildman–Crippen LogP) is 2.92. The van der Waals surface area contributed by atoms with Crippen molar-refractivity contribution in [2.75, 3.05) is 0 Å². The Morgan fingerprint density at radius 1 is 1.14 bits per heavy atom. The van der Waals surface area contributed by atoms with Gasteiger partial charge in [-0.3, -0.25) is 0 Å². The summed E-state index contributed by atoms with van der Waals surface area (Å²) in [6.45, 7) is 8.52. The molecule has 1 nitrogen and oxygen atoms in total. The molecule has 0 fully saturated rings. The molecule has 0 aromatic heterocycles. The SMILES string of the molecule is Cc1cc(C)c(CC(C)N)c(C)c1.Cl. The van der Waals surface area contributed by atoms with E-state index in [1.165, 1.54) is 22.3 Å². The Morgan fingerprint density at radius 3 is 1.93 bits per heavy atom. The lowest BCUT2D eigenvalue weighted by atomic mass is 9.95. The molecule has 1 rings (SSSR count). The second-order valence-corrected chi connectivity index (χ2v) is 4.06. The summed E-state index contributed by atoms with van der Waals surface area (Å²) in [7, 11) is 0. The van der Waals surface area contributed by atoms with E-state index in [4.69, 9.17) is 5.73 Å².